The summed E-state index contributed by atoms with van der Waals surface area (Å²) < 4.78 is 0. The van der Waals surface area contributed by atoms with Crippen molar-refractivity contribution in [1.82, 2.24) is 15.2 Å². The fourth-order valence-electron chi connectivity index (χ4n) is 4.15. The van der Waals surface area contributed by atoms with Crippen molar-refractivity contribution < 1.29 is 4.79 Å². The molecule has 0 fully saturated rings. The van der Waals surface area contributed by atoms with Crippen molar-refractivity contribution in [3.05, 3.63) is 102 Å². The second-order valence-corrected chi connectivity index (χ2v) is 8.28. The van der Waals surface area contributed by atoms with E-state index in [0.717, 1.165) is 39.7 Å². The summed E-state index contributed by atoms with van der Waals surface area (Å²) in [5.41, 5.74) is 5.46. The smallest absolute Gasteiger partial charge is 0.252 e. The number of carbonyl (C=O) groups excluding carboxylic acids is 1. The molecule has 1 unspecified atom stereocenters. The van der Waals surface area contributed by atoms with E-state index in [1.54, 1.807) is 0 Å². The van der Waals surface area contributed by atoms with Gasteiger partial charge in [0, 0.05) is 23.1 Å². The first-order valence-electron chi connectivity index (χ1n) is 11.1. The highest BCUT2D eigenvalue weighted by molar-refractivity contribution is 6.09. The molecule has 4 nitrogen and oxygen atoms in total. The standard InChI is InChI=1S/C28H29N3O.ClH/c1-4-24(20-13-7-5-8-14-20)30-28(32)26-22-17-11-12-18-25(22)29-27(23(26)19-31(2)3)21-15-9-6-10-16-21;/h5-18,24H,4,19H2,1-3H3,(H,30,32);1H. The summed E-state index contributed by atoms with van der Waals surface area (Å²) in [5, 5.41) is 4.18. The molecule has 170 valence electrons. The van der Waals surface area contributed by atoms with Gasteiger partial charge < -0.3 is 10.2 Å². The zero-order valence-electron chi connectivity index (χ0n) is 19.3. The fourth-order valence-corrected chi connectivity index (χ4v) is 4.15. The molecule has 0 saturated heterocycles. The molecule has 0 aliphatic rings. The number of aromatic nitrogens is 1. The lowest BCUT2D eigenvalue weighted by molar-refractivity contribution is 0.0935. The van der Waals surface area contributed by atoms with Crippen molar-refractivity contribution in [2.45, 2.75) is 25.9 Å². The number of pyridine rings is 1. The molecule has 0 bridgehead atoms. The highest BCUT2D eigenvalue weighted by atomic mass is 35.5. The van der Waals surface area contributed by atoms with Gasteiger partial charge in [0.15, 0.2) is 0 Å². The number of para-hydroxylation sites is 1. The molecular formula is C28H30ClN3O. The maximum Gasteiger partial charge on any atom is 0.252 e. The zero-order chi connectivity index (χ0) is 22.5. The number of hydrogen-bond acceptors (Lipinski definition) is 3. The van der Waals surface area contributed by atoms with Gasteiger partial charge in [0.25, 0.3) is 5.91 Å². The summed E-state index contributed by atoms with van der Waals surface area (Å²) in [6, 6.07) is 28.1. The zero-order valence-corrected chi connectivity index (χ0v) is 20.1. The normalized spacial score (nSPS) is 11.8. The first-order chi connectivity index (χ1) is 15.6. The van der Waals surface area contributed by atoms with Crippen molar-refractivity contribution in [2.24, 2.45) is 0 Å². The summed E-state index contributed by atoms with van der Waals surface area (Å²) in [6.07, 6.45) is 0.813. The Labute approximate surface area is 202 Å². The topological polar surface area (TPSA) is 45.2 Å². The maximum absolute atomic E-state index is 13.8. The van der Waals surface area contributed by atoms with Gasteiger partial charge >= 0.3 is 0 Å². The van der Waals surface area contributed by atoms with E-state index in [1.807, 2.05) is 74.8 Å². The van der Waals surface area contributed by atoms with Crippen molar-refractivity contribution >= 4 is 29.2 Å². The van der Waals surface area contributed by atoms with Crippen molar-refractivity contribution in [3.63, 3.8) is 0 Å². The van der Waals surface area contributed by atoms with E-state index in [0.29, 0.717) is 12.1 Å². The molecule has 0 radical (unpaired) electrons. The molecule has 1 N–H and O–H groups in total. The minimum atomic E-state index is -0.0617. The number of nitrogens with one attached hydrogen (secondary N) is 1. The molecule has 4 rings (SSSR count). The lowest BCUT2D eigenvalue weighted by Crippen LogP contribution is -2.30. The molecule has 0 spiro atoms. The summed E-state index contributed by atoms with van der Waals surface area (Å²) in [6.45, 7) is 2.71. The van der Waals surface area contributed by atoms with Crippen LogP contribution in [0.25, 0.3) is 22.2 Å². The molecular weight excluding hydrogens is 430 g/mol. The van der Waals surface area contributed by atoms with Crippen LogP contribution < -0.4 is 5.32 Å². The first-order valence-corrected chi connectivity index (χ1v) is 11.1. The van der Waals surface area contributed by atoms with E-state index in [4.69, 9.17) is 4.98 Å². The van der Waals surface area contributed by atoms with Crippen LogP contribution in [0.15, 0.2) is 84.9 Å². The predicted octanol–water partition coefficient (Wildman–Crippen LogP) is 6.27. The van der Waals surface area contributed by atoms with Gasteiger partial charge in [-0.1, -0.05) is 85.8 Å². The lowest BCUT2D eigenvalue weighted by atomic mass is 9.95. The molecule has 5 heteroatoms. The largest absolute Gasteiger partial charge is 0.345 e. The second kappa shape index (κ2) is 11.1. The van der Waals surface area contributed by atoms with Crippen LogP contribution in [0.4, 0.5) is 0 Å². The highest BCUT2D eigenvalue weighted by Crippen LogP contribution is 2.31. The third-order valence-corrected chi connectivity index (χ3v) is 5.66. The van der Waals surface area contributed by atoms with E-state index >= 15 is 0 Å². The Morgan fingerprint density at radius 2 is 1.52 bits per heavy atom. The molecule has 0 aliphatic heterocycles. The van der Waals surface area contributed by atoms with E-state index < -0.39 is 0 Å². The molecule has 1 heterocycles. The summed E-state index contributed by atoms with van der Waals surface area (Å²) >= 11 is 0. The molecule has 33 heavy (non-hydrogen) atoms. The van der Waals surface area contributed by atoms with Crippen LogP contribution >= 0.6 is 12.4 Å². The molecule has 1 atom stereocenters. The third-order valence-electron chi connectivity index (χ3n) is 5.66. The highest BCUT2D eigenvalue weighted by Gasteiger charge is 2.23. The Morgan fingerprint density at radius 3 is 2.15 bits per heavy atom. The minimum absolute atomic E-state index is 0. The SMILES string of the molecule is CCC(NC(=O)c1c(CN(C)C)c(-c2ccccc2)nc2ccccc12)c1ccccc1.Cl. The van der Waals surface area contributed by atoms with E-state index in [9.17, 15) is 4.79 Å². The number of hydrogen-bond donors (Lipinski definition) is 1. The van der Waals surface area contributed by atoms with Gasteiger partial charge in [-0.15, -0.1) is 12.4 Å². The van der Waals surface area contributed by atoms with Crippen molar-refractivity contribution in [2.75, 3.05) is 14.1 Å². The summed E-state index contributed by atoms with van der Waals surface area (Å²) in [7, 11) is 4.04. The number of nitrogens with zero attached hydrogens (tertiary/aromatic N) is 2. The average molecular weight is 460 g/mol. The van der Waals surface area contributed by atoms with Gasteiger partial charge in [-0.25, -0.2) is 4.98 Å². The Balaban J connectivity index is 0.00000306. The number of carbonyl (C=O) groups is 1. The molecule has 1 amide bonds. The van der Waals surface area contributed by atoms with Gasteiger partial charge in [-0.2, -0.15) is 0 Å². The number of benzene rings is 3. The van der Waals surface area contributed by atoms with Crippen LogP contribution in [0, 0.1) is 0 Å². The Hall–Kier alpha value is -3.21. The third kappa shape index (κ3) is 5.41. The Morgan fingerprint density at radius 1 is 0.909 bits per heavy atom. The van der Waals surface area contributed by atoms with Crippen LogP contribution in [0.2, 0.25) is 0 Å². The van der Waals surface area contributed by atoms with Crippen LogP contribution in [0.3, 0.4) is 0 Å². The van der Waals surface area contributed by atoms with Gasteiger partial charge in [0.2, 0.25) is 0 Å². The van der Waals surface area contributed by atoms with Gasteiger partial charge in [0.05, 0.1) is 22.8 Å². The molecule has 0 aliphatic carbocycles. The monoisotopic (exact) mass is 459 g/mol. The summed E-state index contributed by atoms with van der Waals surface area (Å²) in [4.78, 5) is 20.9. The number of halogens is 1. The van der Waals surface area contributed by atoms with Gasteiger partial charge in [0.1, 0.15) is 0 Å². The fraction of sp³-hybridized carbons (Fsp3) is 0.214. The number of fused-ring (bicyclic) bond motifs is 1. The minimum Gasteiger partial charge on any atom is -0.345 e. The van der Waals surface area contributed by atoms with Crippen LogP contribution in [-0.4, -0.2) is 29.9 Å². The van der Waals surface area contributed by atoms with Crippen molar-refractivity contribution in [3.8, 4) is 11.3 Å². The van der Waals surface area contributed by atoms with Crippen LogP contribution in [-0.2, 0) is 6.54 Å². The Bertz CT molecular complexity index is 1210. The number of rotatable bonds is 7. The molecule has 3 aromatic carbocycles. The lowest BCUT2D eigenvalue weighted by Gasteiger charge is -2.22. The molecule has 4 aromatic rings. The van der Waals surface area contributed by atoms with Crippen LogP contribution in [0.1, 0.15) is 40.9 Å². The molecule has 0 saturated carbocycles. The van der Waals surface area contributed by atoms with Crippen LogP contribution in [0.5, 0.6) is 0 Å². The van der Waals surface area contributed by atoms with E-state index in [1.165, 1.54) is 0 Å². The maximum atomic E-state index is 13.8. The van der Waals surface area contributed by atoms with Gasteiger partial charge in [-0.05, 0) is 32.1 Å². The van der Waals surface area contributed by atoms with E-state index in [2.05, 4.69) is 41.4 Å². The predicted molar refractivity (Wildman–Crippen MR) is 139 cm³/mol. The van der Waals surface area contributed by atoms with Crippen molar-refractivity contribution in [1.29, 1.82) is 0 Å². The number of amides is 1. The molecule has 1 aromatic heterocycles. The second-order valence-electron chi connectivity index (χ2n) is 8.28. The van der Waals surface area contributed by atoms with Gasteiger partial charge in [-0.3, -0.25) is 4.79 Å². The average Bonchev–Trinajstić information content (AvgIpc) is 2.82. The Kier molecular flexibility index (Phi) is 8.21. The summed E-state index contributed by atoms with van der Waals surface area (Å²) in [5.74, 6) is -0.0617. The first kappa shape index (κ1) is 24.4. The quantitative estimate of drug-likeness (QED) is 0.354. The van der Waals surface area contributed by atoms with E-state index in [-0.39, 0.29) is 24.4 Å².